The number of nitrogens with one attached hydrogen (secondary N) is 2. The molecule has 0 heterocycles. The Morgan fingerprint density at radius 3 is 2.57 bits per heavy atom. The van der Waals surface area contributed by atoms with Crippen LogP contribution in [0.15, 0.2) is 16.6 Å². The molecule has 0 saturated carbocycles. The van der Waals surface area contributed by atoms with Gasteiger partial charge in [-0.1, -0.05) is 6.92 Å². The molecule has 0 unspecified atom stereocenters. The van der Waals surface area contributed by atoms with E-state index in [1.165, 1.54) is 7.05 Å². The molecule has 120 valence electrons. The topological polar surface area (TPSA) is 61.4 Å². The van der Waals surface area contributed by atoms with E-state index in [0.29, 0.717) is 19.0 Å². The number of anilines is 1. The highest BCUT2D eigenvalue weighted by Crippen LogP contribution is 2.24. The SMILES string of the molecule is CCNCCCN(C)S(=O)(=O)Nc1cc(Br)c(F)cc1F. The zero-order valence-electron chi connectivity index (χ0n) is 11.8. The van der Waals surface area contributed by atoms with E-state index in [0.717, 1.165) is 16.9 Å². The zero-order valence-corrected chi connectivity index (χ0v) is 14.2. The highest BCUT2D eigenvalue weighted by molar-refractivity contribution is 9.10. The summed E-state index contributed by atoms with van der Waals surface area (Å²) in [5.41, 5.74) is -0.304. The lowest BCUT2D eigenvalue weighted by Gasteiger charge is -2.18. The molecular formula is C12H18BrF2N3O2S. The quantitative estimate of drug-likeness (QED) is 0.533. The van der Waals surface area contributed by atoms with E-state index in [9.17, 15) is 17.2 Å². The minimum Gasteiger partial charge on any atom is -0.317 e. The number of hydrogen-bond donors (Lipinski definition) is 2. The zero-order chi connectivity index (χ0) is 16.0. The summed E-state index contributed by atoms with van der Waals surface area (Å²) in [5.74, 6) is -1.77. The Kier molecular flexibility index (Phi) is 6.98. The summed E-state index contributed by atoms with van der Waals surface area (Å²) in [6.45, 7) is 3.74. The van der Waals surface area contributed by atoms with Crippen molar-refractivity contribution in [1.82, 2.24) is 9.62 Å². The predicted octanol–water partition coefficient (Wildman–Crippen LogP) is 2.32. The van der Waals surface area contributed by atoms with E-state index in [4.69, 9.17) is 0 Å². The fraction of sp³-hybridized carbons (Fsp3) is 0.500. The van der Waals surface area contributed by atoms with Crippen LogP contribution in [0.5, 0.6) is 0 Å². The monoisotopic (exact) mass is 385 g/mol. The second-order valence-corrected chi connectivity index (χ2v) is 7.01. The Bertz CT molecular complexity index is 584. The molecule has 1 aromatic carbocycles. The van der Waals surface area contributed by atoms with Gasteiger partial charge in [0.1, 0.15) is 11.6 Å². The van der Waals surface area contributed by atoms with Gasteiger partial charge < -0.3 is 5.32 Å². The van der Waals surface area contributed by atoms with Crippen LogP contribution in [0.2, 0.25) is 0 Å². The Morgan fingerprint density at radius 1 is 1.29 bits per heavy atom. The van der Waals surface area contributed by atoms with E-state index in [2.05, 4.69) is 26.0 Å². The van der Waals surface area contributed by atoms with Gasteiger partial charge in [-0.2, -0.15) is 12.7 Å². The van der Waals surface area contributed by atoms with Gasteiger partial charge in [0.2, 0.25) is 0 Å². The highest BCUT2D eigenvalue weighted by Gasteiger charge is 2.20. The van der Waals surface area contributed by atoms with Gasteiger partial charge in [0.15, 0.2) is 0 Å². The largest absolute Gasteiger partial charge is 0.317 e. The van der Waals surface area contributed by atoms with Gasteiger partial charge >= 0.3 is 10.2 Å². The van der Waals surface area contributed by atoms with Crippen molar-refractivity contribution in [2.45, 2.75) is 13.3 Å². The molecule has 0 aliphatic carbocycles. The van der Waals surface area contributed by atoms with Gasteiger partial charge in [-0.25, -0.2) is 8.78 Å². The number of hydrogen-bond acceptors (Lipinski definition) is 3. The average molecular weight is 386 g/mol. The van der Waals surface area contributed by atoms with Gasteiger partial charge in [0.25, 0.3) is 0 Å². The van der Waals surface area contributed by atoms with Crippen molar-refractivity contribution in [3.63, 3.8) is 0 Å². The first-order valence-electron chi connectivity index (χ1n) is 6.37. The maximum atomic E-state index is 13.6. The normalized spacial score (nSPS) is 11.9. The van der Waals surface area contributed by atoms with Gasteiger partial charge in [-0.3, -0.25) is 4.72 Å². The molecule has 0 aromatic heterocycles. The third kappa shape index (κ3) is 5.50. The lowest BCUT2D eigenvalue weighted by molar-refractivity contribution is 0.459. The molecular weight excluding hydrogens is 368 g/mol. The van der Waals surface area contributed by atoms with Gasteiger partial charge in [0.05, 0.1) is 10.2 Å². The second kappa shape index (κ2) is 8.02. The average Bonchev–Trinajstić information content (AvgIpc) is 2.40. The van der Waals surface area contributed by atoms with Crippen LogP contribution in [-0.4, -0.2) is 39.4 Å². The maximum absolute atomic E-state index is 13.6. The molecule has 1 rings (SSSR count). The van der Waals surface area contributed by atoms with Crippen LogP contribution < -0.4 is 10.0 Å². The lowest BCUT2D eigenvalue weighted by atomic mass is 10.3. The molecule has 5 nitrogen and oxygen atoms in total. The van der Waals surface area contributed by atoms with Crippen molar-refractivity contribution in [3.05, 3.63) is 28.2 Å². The van der Waals surface area contributed by atoms with Crippen molar-refractivity contribution >= 4 is 31.8 Å². The van der Waals surface area contributed by atoms with Crippen LogP contribution in [0.3, 0.4) is 0 Å². The van der Waals surface area contributed by atoms with E-state index in [-0.39, 0.29) is 16.7 Å². The molecule has 21 heavy (non-hydrogen) atoms. The van der Waals surface area contributed by atoms with Crippen molar-refractivity contribution in [2.75, 3.05) is 31.4 Å². The Balaban J connectivity index is 2.74. The van der Waals surface area contributed by atoms with Crippen molar-refractivity contribution in [3.8, 4) is 0 Å². The van der Waals surface area contributed by atoms with Crippen molar-refractivity contribution < 1.29 is 17.2 Å². The van der Waals surface area contributed by atoms with E-state index < -0.39 is 21.8 Å². The summed E-state index contributed by atoms with van der Waals surface area (Å²) in [5, 5.41) is 3.08. The van der Waals surface area contributed by atoms with E-state index in [1.807, 2.05) is 6.92 Å². The molecule has 0 spiro atoms. The van der Waals surface area contributed by atoms with Crippen LogP contribution in [-0.2, 0) is 10.2 Å². The third-order valence-electron chi connectivity index (χ3n) is 2.74. The van der Waals surface area contributed by atoms with Crippen LogP contribution in [0.1, 0.15) is 13.3 Å². The fourth-order valence-corrected chi connectivity index (χ4v) is 2.84. The smallest absolute Gasteiger partial charge is 0.301 e. The van der Waals surface area contributed by atoms with E-state index >= 15 is 0 Å². The van der Waals surface area contributed by atoms with Crippen LogP contribution in [0, 0.1) is 11.6 Å². The number of rotatable bonds is 8. The van der Waals surface area contributed by atoms with Crippen LogP contribution in [0.4, 0.5) is 14.5 Å². The first kappa shape index (κ1) is 18.3. The number of benzene rings is 1. The molecule has 0 amide bonds. The Labute approximate surface area is 132 Å². The Hall–Kier alpha value is -0.770. The predicted molar refractivity (Wildman–Crippen MR) is 82.4 cm³/mol. The molecule has 2 N–H and O–H groups in total. The van der Waals surface area contributed by atoms with Gasteiger partial charge in [-0.15, -0.1) is 0 Å². The molecule has 0 fully saturated rings. The first-order valence-corrected chi connectivity index (χ1v) is 8.60. The summed E-state index contributed by atoms with van der Waals surface area (Å²) in [6.07, 6.45) is 0.626. The lowest BCUT2D eigenvalue weighted by Crippen LogP contribution is -2.34. The summed E-state index contributed by atoms with van der Waals surface area (Å²) in [6, 6.07) is 1.67. The minimum absolute atomic E-state index is 0.0172. The van der Waals surface area contributed by atoms with Crippen molar-refractivity contribution in [2.24, 2.45) is 0 Å². The summed E-state index contributed by atoms with van der Waals surface area (Å²) in [7, 11) is -2.49. The number of nitrogens with zero attached hydrogens (tertiary/aromatic N) is 1. The minimum atomic E-state index is -3.88. The molecule has 1 aromatic rings. The molecule has 0 radical (unpaired) electrons. The molecule has 9 heteroatoms. The summed E-state index contributed by atoms with van der Waals surface area (Å²) < 4.78 is 53.9. The van der Waals surface area contributed by atoms with E-state index in [1.54, 1.807) is 0 Å². The summed E-state index contributed by atoms with van der Waals surface area (Å²) in [4.78, 5) is 0. The molecule has 0 aliphatic heterocycles. The Morgan fingerprint density at radius 2 is 1.95 bits per heavy atom. The number of halogens is 3. The molecule has 0 bridgehead atoms. The second-order valence-electron chi connectivity index (χ2n) is 4.38. The van der Waals surface area contributed by atoms with Crippen LogP contribution in [0.25, 0.3) is 0 Å². The van der Waals surface area contributed by atoms with Crippen LogP contribution >= 0.6 is 15.9 Å². The summed E-state index contributed by atoms with van der Waals surface area (Å²) >= 11 is 2.89. The maximum Gasteiger partial charge on any atom is 0.301 e. The standard InChI is InChI=1S/C12H18BrF2N3O2S/c1-3-16-5-4-6-18(2)21(19,20)17-12-7-9(13)10(14)8-11(12)15/h7-8,16-17H,3-6H2,1-2H3. The fourth-order valence-electron chi connectivity index (χ4n) is 1.54. The van der Waals surface area contributed by atoms with Gasteiger partial charge in [-0.05, 0) is 41.5 Å². The highest BCUT2D eigenvalue weighted by atomic mass is 79.9. The molecule has 0 aliphatic rings. The first-order chi connectivity index (χ1) is 9.77. The third-order valence-corrected chi connectivity index (χ3v) is 4.82. The van der Waals surface area contributed by atoms with Crippen molar-refractivity contribution in [1.29, 1.82) is 0 Å². The van der Waals surface area contributed by atoms with Gasteiger partial charge in [0, 0.05) is 19.7 Å². The molecule has 0 saturated heterocycles. The molecule has 0 atom stereocenters.